The molecule has 2 atom stereocenters. The van der Waals surface area contributed by atoms with Crippen molar-refractivity contribution in [1.29, 1.82) is 0 Å². The van der Waals surface area contributed by atoms with E-state index < -0.39 is 6.10 Å². The van der Waals surface area contributed by atoms with E-state index in [2.05, 4.69) is 4.74 Å². The Morgan fingerprint density at radius 3 is 2.90 bits per heavy atom. The molecule has 1 fully saturated rings. The molecule has 0 amide bonds. The van der Waals surface area contributed by atoms with E-state index in [-0.39, 0.29) is 12.0 Å². The van der Waals surface area contributed by atoms with Crippen molar-refractivity contribution in [2.75, 3.05) is 13.7 Å². The van der Waals surface area contributed by atoms with Crippen molar-refractivity contribution >= 4 is 5.97 Å². The van der Waals surface area contributed by atoms with Crippen LogP contribution < -0.4 is 5.73 Å². The maximum atomic E-state index is 10.8. The molecule has 0 aromatic carbocycles. The predicted molar refractivity (Wildman–Crippen MR) is 34.3 cm³/mol. The molecule has 0 spiro atoms. The summed E-state index contributed by atoms with van der Waals surface area (Å²) < 4.78 is 9.48. The third-order valence-corrected chi connectivity index (χ3v) is 1.57. The molecule has 1 saturated heterocycles. The highest BCUT2D eigenvalue weighted by Crippen LogP contribution is 2.11. The van der Waals surface area contributed by atoms with E-state index in [1.165, 1.54) is 7.11 Å². The lowest BCUT2D eigenvalue weighted by Crippen LogP contribution is -2.37. The number of methoxy groups -OCH3 is 1. The normalized spacial score (nSPS) is 32.2. The number of carbonyl (C=O) groups excluding carboxylic acids is 1. The fourth-order valence-corrected chi connectivity index (χ4v) is 0.965. The first-order chi connectivity index (χ1) is 4.75. The molecule has 1 aliphatic heterocycles. The summed E-state index contributed by atoms with van der Waals surface area (Å²) in [6.45, 7) is 0.556. The van der Waals surface area contributed by atoms with Gasteiger partial charge in [0.2, 0.25) is 0 Å². The van der Waals surface area contributed by atoms with Crippen LogP contribution in [0.2, 0.25) is 0 Å². The van der Waals surface area contributed by atoms with Crippen molar-refractivity contribution < 1.29 is 14.3 Å². The van der Waals surface area contributed by atoms with Gasteiger partial charge in [0.25, 0.3) is 0 Å². The molecule has 10 heavy (non-hydrogen) atoms. The summed E-state index contributed by atoms with van der Waals surface area (Å²) in [5.74, 6) is -0.370. The van der Waals surface area contributed by atoms with Gasteiger partial charge in [0.05, 0.1) is 7.11 Å². The van der Waals surface area contributed by atoms with Gasteiger partial charge in [-0.2, -0.15) is 0 Å². The lowest BCUT2D eigenvalue weighted by atomic mass is 10.1. The van der Waals surface area contributed by atoms with Crippen LogP contribution in [0.25, 0.3) is 0 Å². The molecule has 0 saturated carbocycles. The number of rotatable bonds is 1. The highest BCUT2D eigenvalue weighted by Gasteiger charge is 2.31. The summed E-state index contributed by atoms with van der Waals surface area (Å²) >= 11 is 0. The zero-order chi connectivity index (χ0) is 7.56. The second-order valence-corrected chi connectivity index (χ2v) is 2.27. The van der Waals surface area contributed by atoms with Crippen LogP contribution in [0.1, 0.15) is 6.42 Å². The summed E-state index contributed by atoms with van der Waals surface area (Å²) in [4.78, 5) is 10.8. The molecule has 4 heteroatoms. The number of nitrogens with two attached hydrogens (primary N) is 1. The van der Waals surface area contributed by atoms with E-state index in [1.807, 2.05) is 0 Å². The third kappa shape index (κ3) is 1.27. The average Bonchev–Trinajstić information content (AvgIpc) is 2.34. The summed E-state index contributed by atoms with van der Waals surface area (Å²) in [5, 5.41) is 0. The van der Waals surface area contributed by atoms with Gasteiger partial charge in [-0.05, 0) is 6.42 Å². The van der Waals surface area contributed by atoms with Gasteiger partial charge < -0.3 is 15.2 Å². The fraction of sp³-hybridized carbons (Fsp3) is 0.833. The number of ether oxygens (including phenoxy) is 2. The van der Waals surface area contributed by atoms with Gasteiger partial charge in [-0.25, -0.2) is 4.79 Å². The van der Waals surface area contributed by atoms with Gasteiger partial charge in [-0.15, -0.1) is 0 Å². The van der Waals surface area contributed by atoms with Crippen LogP contribution in [0.3, 0.4) is 0 Å². The van der Waals surface area contributed by atoms with Gasteiger partial charge >= 0.3 is 5.97 Å². The topological polar surface area (TPSA) is 61.5 Å². The first kappa shape index (κ1) is 7.50. The van der Waals surface area contributed by atoms with E-state index in [4.69, 9.17) is 10.5 Å². The Bertz CT molecular complexity index is 137. The van der Waals surface area contributed by atoms with Gasteiger partial charge in [-0.1, -0.05) is 0 Å². The summed E-state index contributed by atoms with van der Waals surface area (Å²) in [6.07, 6.45) is 0.199. The molecule has 1 rings (SSSR count). The monoisotopic (exact) mass is 145 g/mol. The Morgan fingerprint density at radius 2 is 2.50 bits per heavy atom. The van der Waals surface area contributed by atoms with Crippen LogP contribution in [0, 0.1) is 0 Å². The largest absolute Gasteiger partial charge is 0.467 e. The molecule has 2 unspecified atom stereocenters. The predicted octanol–water partition coefficient (Wildman–Crippen LogP) is -0.724. The Morgan fingerprint density at radius 1 is 1.80 bits per heavy atom. The Labute approximate surface area is 59.3 Å². The summed E-state index contributed by atoms with van der Waals surface area (Å²) in [5.41, 5.74) is 5.53. The second-order valence-electron chi connectivity index (χ2n) is 2.27. The molecule has 1 aliphatic rings. The lowest BCUT2D eigenvalue weighted by molar-refractivity contribution is -0.151. The molecular formula is C6H11NO3. The Hall–Kier alpha value is -0.610. The molecule has 0 aromatic rings. The van der Waals surface area contributed by atoms with Crippen LogP contribution in [-0.4, -0.2) is 31.8 Å². The number of carbonyl (C=O) groups is 1. The zero-order valence-electron chi connectivity index (χ0n) is 5.87. The highest BCUT2D eigenvalue weighted by atomic mass is 16.6. The molecule has 0 bridgehead atoms. The number of esters is 1. The highest BCUT2D eigenvalue weighted by molar-refractivity contribution is 5.75. The molecule has 0 aromatic heterocycles. The van der Waals surface area contributed by atoms with Crippen LogP contribution in [0.15, 0.2) is 0 Å². The first-order valence-electron chi connectivity index (χ1n) is 3.20. The van der Waals surface area contributed by atoms with Crippen LogP contribution in [0.4, 0.5) is 0 Å². The van der Waals surface area contributed by atoms with Crippen molar-refractivity contribution in [2.24, 2.45) is 5.73 Å². The minimum Gasteiger partial charge on any atom is -0.467 e. The minimum atomic E-state index is -0.537. The van der Waals surface area contributed by atoms with Crippen LogP contribution >= 0.6 is 0 Å². The molecular weight excluding hydrogens is 134 g/mol. The van der Waals surface area contributed by atoms with E-state index in [1.54, 1.807) is 0 Å². The number of hydrogen-bond acceptors (Lipinski definition) is 4. The van der Waals surface area contributed by atoms with E-state index >= 15 is 0 Å². The molecule has 58 valence electrons. The molecule has 0 aliphatic carbocycles. The maximum Gasteiger partial charge on any atom is 0.336 e. The van der Waals surface area contributed by atoms with Crippen LogP contribution in [-0.2, 0) is 14.3 Å². The van der Waals surface area contributed by atoms with Crippen molar-refractivity contribution in [3.05, 3.63) is 0 Å². The second kappa shape index (κ2) is 2.98. The van der Waals surface area contributed by atoms with Gasteiger partial charge in [0.1, 0.15) is 0 Å². The van der Waals surface area contributed by atoms with Crippen molar-refractivity contribution in [3.8, 4) is 0 Å². The average molecular weight is 145 g/mol. The zero-order valence-corrected chi connectivity index (χ0v) is 5.87. The summed E-state index contributed by atoms with van der Waals surface area (Å²) in [6, 6.07) is -0.188. The van der Waals surface area contributed by atoms with E-state index in [9.17, 15) is 4.79 Å². The first-order valence-corrected chi connectivity index (χ1v) is 3.20. The SMILES string of the molecule is COC(=O)C1OCCC1N. The van der Waals surface area contributed by atoms with E-state index in [0.717, 1.165) is 6.42 Å². The quantitative estimate of drug-likeness (QED) is 0.494. The standard InChI is InChI=1S/C6H11NO3/c1-9-6(8)5-4(7)2-3-10-5/h4-5H,2-3,7H2,1H3. The molecule has 2 N–H and O–H groups in total. The molecule has 0 radical (unpaired) electrons. The smallest absolute Gasteiger partial charge is 0.336 e. The third-order valence-electron chi connectivity index (χ3n) is 1.57. The number of hydrogen-bond donors (Lipinski definition) is 1. The van der Waals surface area contributed by atoms with Crippen LogP contribution in [0.5, 0.6) is 0 Å². The van der Waals surface area contributed by atoms with Gasteiger partial charge in [0.15, 0.2) is 6.10 Å². The van der Waals surface area contributed by atoms with Crippen molar-refractivity contribution in [2.45, 2.75) is 18.6 Å². The van der Waals surface area contributed by atoms with Gasteiger partial charge in [0, 0.05) is 12.6 Å². The Kier molecular flexibility index (Phi) is 2.24. The van der Waals surface area contributed by atoms with Gasteiger partial charge in [-0.3, -0.25) is 0 Å². The Balaban J connectivity index is 2.46. The maximum absolute atomic E-state index is 10.8. The lowest BCUT2D eigenvalue weighted by Gasteiger charge is -2.10. The molecule has 1 heterocycles. The molecule has 4 nitrogen and oxygen atoms in total. The summed E-state index contributed by atoms with van der Waals surface area (Å²) in [7, 11) is 1.33. The fourth-order valence-electron chi connectivity index (χ4n) is 0.965. The van der Waals surface area contributed by atoms with Crippen molar-refractivity contribution in [3.63, 3.8) is 0 Å². The van der Waals surface area contributed by atoms with E-state index in [0.29, 0.717) is 6.61 Å². The minimum absolute atomic E-state index is 0.188. The van der Waals surface area contributed by atoms with Crippen molar-refractivity contribution in [1.82, 2.24) is 0 Å².